The van der Waals surface area contributed by atoms with E-state index in [-0.39, 0.29) is 11.1 Å². The standard InChI is InChI=1S/C13H12ClN3O2/c1-8-5-7-16-13(19-2)10(8)17-12(18)9-4-3-6-15-11(9)14/h3-7H,1-2H3,(H,17,18). The molecule has 6 heteroatoms. The highest BCUT2D eigenvalue weighted by Crippen LogP contribution is 2.26. The fraction of sp³-hybridized carbons (Fsp3) is 0.154. The van der Waals surface area contributed by atoms with Crippen LogP contribution in [0.1, 0.15) is 15.9 Å². The number of aromatic nitrogens is 2. The minimum atomic E-state index is -0.354. The van der Waals surface area contributed by atoms with Crippen LogP contribution in [0.25, 0.3) is 0 Å². The van der Waals surface area contributed by atoms with Gasteiger partial charge in [0.25, 0.3) is 5.91 Å². The number of halogens is 1. The molecule has 0 aromatic carbocycles. The summed E-state index contributed by atoms with van der Waals surface area (Å²) in [5.41, 5.74) is 1.67. The molecule has 1 N–H and O–H groups in total. The monoisotopic (exact) mass is 277 g/mol. The van der Waals surface area contributed by atoms with Crippen molar-refractivity contribution in [1.29, 1.82) is 0 Å². The molecule has 0 atom stereocenters. The fourth-order valence-electron chi connectivity index (χ4n) is 1.58. The first kappa shape index (κ1) is 13.3. The Morgan fingerprint density at radius 1 is 1.32 bits per heavy atom. The van der Waals surface area contributed by atoms with Crippen LogP contribution in [0.2, 0.25) is 5.15 Å². The van der Waals surface area contributed by atoms with Crippen molar-refractivity contribution < 1.29 is 9.53 Å². The molecular formula is C13H12ClN3O2. The molecule has 98 valence electrons. The molecule has 1 amide bonds. The van der Waals surface area contributed by atoms with Crippen LogP contribution in [0.5, 0.6) is 5.88 Å². The van der Waals surface area contributed by atoms with E-state index in [0.717, 1.165) is 5.56 Å². The first-order valence-electron chi connectivity index (χ1n) is 5.55. The third-order valence-corrected chi connectivity index (χ3v) is 2.86. The Kier molecular flexibility index (Phi) is 3.97. The van der Waals surface area contributed by atoms with E-state index in [1.807, 2.05) is 6.92 Å². The summed E-state index contributed by atoms with van der Waals surface area (Å²) in [5, 5.41) is 2.89. The zero-order valence-corrected chi connectivity index (χ0v) is 11.2. The van der Waals surface area contributed by atoms with Gasteiger partial charge in [-0.2, -0.15) is 0 Å². The van der Waals surface area contributed by atoms with Crippen molar-refractivity contribution in [2.75, 3.05) is 12.4 Å². The number of anilines is 1. The number of nitrogens with one attached hydrogen (secondary N) is 1. The molecule has 19 heavy (non-hydrogen) atoms. The van der Waals surface area contributed by atoms with E-state index in [9.17, 15) is 4.79 Å². The van der Waals surface area contributed by atoms with Gasteiger partial charge in [0.15, 0.2) is 0 Å². The van der Waals surface area contributed by atoms with Gasteiger partial charge in [-0.05, 0) is 30.7 Å². The summed E-state index contributed by atoms with van der Waals surface area (Å²) >= 11 is 5.88. The minimum absolute atomic E-state index is 0.153. The van der Waals surface area contributed by atoms with Crippen molar-refractivity contribution >= 4 is 23.2 Å². The van der Waals surface area contributed by atoms with E-state index < -0.39 is 0 Å². The van der Waals surface area contributed by atoms with E-state index in [0.29, 0.717) is 17.1 Å². The topological polar surface area (TPSA) is 64.1 Å². The summed E-state index contributed by atoms with van der Waals surface area (Å²) in [4.78, 5) is 20.0. The normalized spacial score (nSPS) is 10.1. The van der Waals surface area contributed by atoms with Gasteiger partial charge in [0.2, 0.25) is 5.88 Å². The minimum Gasteiger partial charge on any atom is -0.480 e. The zero-order valence-electron chi connectivity index (χ0n) is 10.5. The molecule has 0 aliphatic rings. The van der Waals surface area contributed by atoms with Crippen LogP contribution >= 0.6 is 11.6 Å². The van der Waals surface area contributed by atoms with Gasteiger partial charge in [0.1, 0.15) is 10.8 Å². The summed E-state index contributed by atoms with van der Waals surface area (Å²) in [6.45, 7) is 1.85. The maximum atomic E-state index is 12.1. The Labute approximate surface area is 115 Å². The molecule has 0 fully saturated rings. The van der Waals surface area contributed by atoms with Crippen molar-refractivity contribution in [3.8, 4) is 5.88 Å². The van der Waals surface area contributed by atoms with Crippen LogP contribution in [0.15, 0.2) is 30.6 Å². The SMILES string of the molecule is COc1nccc(C)c1NC(=O)c1cccnc1Cl. The molecule has 0 bridgehead atoms. The summed E-state index contributed by atoms with van der Waals surface area (Å²) in [5.74, 6) is 0.000799. The second-order valence-electron chi connectivity index (χ2n) is 3.81. The predicted octanol–water partition coefficient (Wildman–Crippen LogP) is 2.70. The molecule has 2 aromatic rings. The van der Waals surface area contributed by atoms with Crippen molar-refractivity contribution in [2.24, 2.45) is 0 Å². The van der Waals surface area contributed by atoms with E-state index in [2.05, 4.69) is 15.3 Å². The molecule has 5 nitrogen and oxygen atoms in total. The van der Waals surface area contributed by atoms with Crippen molar-refractivity contribution in [2.45, 2.75) is 6.92 Å². The number of carbonyl (C=O) groups excluding carboxylic acids is 1. The Morgan fingerprint density at radius 2 is 2.11 bits per heavy atom. The number of nitrogens with zero attached hydrogens (tertiary/aromatic N) is 2. The summed E-state index contributed by atoms with van der Waals surface area (Å²) in [6.07, 6.45) is 3.13. The van der Waals surface area contributed by atoms with Gasteiger partial charge in [-0.3, -0.25) is 4.79 Å². The number of pyridine rings is 2. The summed E-state index contributed by atoms with van der Waals surface area (Å²) in [7, 11) is 1.49. The maximum absolute atomic E-state index is 12.1. The van der Waals surface area contributed by atoms with Crippen LogP contribution in [-0.4, -0.2) is 23.0 Å². The molecule has 2 rings (SSSR count). The quantitative estimate of drug-likeness (QED) is 0.876. The van der Waals surface area contributed by atoms with E-state index in [1.54, 1.807) is 24.4 Å². The lowest BCUT2D eigenvalue weighted by Gasteiger charge is -2.11. The number of rotatable bonds is 3. The number of methoxy groups -OCH3 is 1. The highest BCUT2D eigenvalue weighted by atomic mass is 35.5. The van der Waals surface area contributed by atoms with Gasteiger partial charge in [-0.1, -0.05) is 11.6 Å². The van der Waals surface area contributed by atoms with Crippen molar-refractivity contribution in [1.82, 2.24) is 9.97 Å². The number of aryl methyl sites for hydroxylation is 1. The molecule has 0 saturated heterocycles. The summed E-state index contributed by atoms with van der Waals surface area (Å²) < 4.78 is 5.12. The van der Waals surface area contributed by atoms with Gasteiger partial charge in [0, 0.05) is 12.4 Å². The average Bonchev–Trinajstić information content (AvgIpc) is 2.41. The second-order valence-corrected chi connectivity index (χ2v) is 4.17. The van der Waals surface area contributed by atoms with Crippen LogP contribution in [-0.2, 0) is 0 Å². The highest BCUT2D eigenvalue weighted by molar-refractivity contribution is 6.33. The number of amides is 1. The smallest absolute Gasteiger partial charge is 0.258 e. The first-order chi connectivity index (χ1) is 9.13. The van der Waals surface area contributed by atoms with Gasteiger partial charge in [0.05, 0.1) is 12.7 Å². The van der Waals surface area contributed by atoms with Gasteiger partial charge >= 0.3 is 0 Å². The Balaban J connectivity index is 2.32. The molecule has 0 unspecified atom stereocenters. The van der Waals surface area contributed by atoms with E-state index in [1.165, 1.54) is 13.3 Å². The number of ether oxygens (including phenoxy) is 1. The number of carbonyl (C=O) groups is 1. The summed E-state index contributed by atoms with van der Waals surface area (Å²) in [6, 6.07) is 5.03. The Morgan fingerprint density at radius 3 is 2.79 bits per heavy atom. The van der Waals surface area contributed by atoms with E-state index >= 15 is 0 Å². The number of hydrogen-bond donors (Lipinski definition) is 1. The van der Waals surface area contributed by atoms with Gasteiger partial charge in [-0.25, -0.2) is 9.97 Å². The van der Waals surface area contributed by atoms with Gasteiger partial charge < -0.3 is 10.1 Å². The molecule has 2 heterocycles. The van der Waals surface area contributed by atoms with Crippen LogP contribution in [0, 0.1) is 6.92 Å². The highest BCUT2D eigenvalue weighted by Gasteiger charge is 2.15. The first-order valence-corrected chi connectivity index (χ1v) is 5.92. The maximum Gasteiger partial charge on any atom is 0.258 e. The molecule has 2 aromatic heterocycles. The molecule has 0 spiro atoms. The zero-order chi connectivity index (χ0) is 13.8. The second kappa shape index (κ2) is 5.67. The molecule has 0 radical (unpaired) electrons. The van der Waals surface area contributed by atoms with Gasteiger partial charge in [-0.15, -0.1) is 0 Å². The third-order valence-electron chi connectivity index (χ3n) is 2.56. The molecule has 0 aliphatic carbocycles. The van der Waals surface area contributed by atoms with Crippen LogP contribution in [0.4, 0.5) is 5.69 Å². The lowest BCUT2D eigenvalue weighted by molar-refractivity contribution is 0.102. The van der Waals surface area contributed by atoms with E-state index in [4.69, 9.17) is 16.3 Å². The predicted molar refractivity (Wildman–Crippen MR) is 72.7 cm³/mol. The number of hydrogen-bond acceptors (Lipinski definition) is 4. The Hall–Kier alpha value is -2.14. The molecular weight excluding hydrogens is 266 g/mol. The third kappa shape index (κ3) is 2.82. The van der Waals surface area contributed by atoms with Crippen molar-refractivity contribution in [3.05, 3.63) is 46.9 Å². The van der Waals surface area contributed by atoms with Crippen LogP contribution in [0.3, 0.4) is 0 Å². The lowest BCUT2D eigenvalue weighted by Crippen LogP contribution is -2.15. The molecule has 0 saturated carbocycles. The average molecular weight is 278 g/mol. The van der Waals surface area contributed by atoms with Crippen LogP contribution < -0.4 is 10.1 Å². The fourth-order valence-corrected chi connectivity index (χ4v) is 1.78. The Bertz CT molecular complexity index is 617. The molecule has 0 aliphatic heterocycles. The lowest BCUT2D eigenvalue weighted by atomic mass is 10.2. The van der Waals surface area contributed by atoms with Crippen molar-refractivity contribution in [3.63, 3.8) is 0 Å². The largest absolute Gasteiger partial charge is 0.480 e.